The van der Waals surface area contributed by atoms with Gasteiger partial charge in [-0.05, 0) is 49.2 Å². The zero-order chi connectivity index (χ0) is 32.3. The minimum atomic E-state index is -1.12. The highest BCUT2D eigenvalue weighted by molar-refractivity contribution is 6.41. The number of aliphatic hydroxyl groups excluding tert-OH is 1. The van der Waals surface area contributed by atoms with Gasteiger partial charge < -0.3 is 23.9 Å². The third-order valence-electron chi connectivity index (χ3n) is 7.36. The highest BCUT2D eigenvalue weighted by atomic mass is 16.6. The van der Waals surface area contributed by atoms with E-state index in [2.05, 4.69) is 11.1 Å². The smallest absolute Gasteiger partial charge is 0.379 e. The number of unbranched alkanes of at least 4 members (excludes halogenated alkanes) is 1. The lowest BCUT2D eigenvalue weighted by Crippen LogP contribution is -2.27. The van der Waals surface area contributed by atoms with Gasteiger partial charge in [0.1, 0.15) is 12.7 Å². The van der Waals surface area contributed by atoms with E-state index in [0.29, 0.717) is 42.5 Å². The monoisotopic (exact) mass is 609 g/mol. The number of ketones is 2. The highest BCUT2D eigenvalue weighted by Gasteiger charge is 2.22. The molecule has 0 aliphatic carbocycles. The maximum absolute atomic E-state index is 13.2. The molecule has 1 N–H and O–H groups in total. The number of esters is 2. The van der Waals surface area contributed by atoms with Gasteiger partial charge in [-0.25, -0.2) is 9.59 Å². The van der Waals surface area contributed by atoms with Crippen LogP contribution in [0.1, 0.15) is 52.5 Å². The van der Waals surface area contributed by atoms with Crippen LogP contribution in [0, 0.1) is 0 Å². The zero-order valence-corrected chi connectivity index (χ0v) is 25.3. The van der Waals surface area contributed by atoms with Crippen molar-refractivity contribution in [1.29, 1.82) is 0 Å². The minimum absolute atomic E-state index is 0.0939. The van der Waals surface area contributed by atoms with Crippen LogP contribution in [0.2, 0.25) is 5.82 Å². The molecule has 2 radical (unpaired) electrons. The van der Waals surface area contributed by atoms with Crippen molar-refractivity contribution in [2.24, 2.45) is 0 Å². The van der Waals surface area contributed by atoms with Gasteiger partial charge in [0.15, 0.2) is 5.78 Å². The molecule has 2 atom stereocenters. The molecular weight excluding hydrogens is 573 g/mol. The number of hydrogen-bond donors (Lipinski definition) is 1. The molecule has 0 saturated carbocycles. The van der Waals surface area contributed by atoms with Crippen LogP contribution >= 0.6 is 0 Å². The predicted octanol–water partition coefficient (Wildman–Crippen LogP) is 5.01. The van der Waals surface area contributed by atoms with Gasteiger partial charge in [-0.2, -0.15) is 0 Å². The van der Waals surface area contributed by atoms with E-state index in [9.17, 15) is 24.3 Å². The van der Waals surface area contributed by atoms with E-state index >= 15 is 0 Å². The molecule has 0 aliphatic heterocycles. The van der Waals surface area contributed by atoms with Crippen LogP contribution in [0.3, 0.4) is 0 Å². The zero-order valence-electron chi connectivity index (χ0n) is 25.3. The number of carbonyl (C=O) groups excluding carboxylic acids is 4. The molecule has 0 aliphatic rings. The van der Waals surface area contributed by atoms with Gasteiger partial charge in [-0.15, -0.1) is 0 Å². The Morgan fingerprint density at radius 3 is 2.18 bits per heavy atom. The van der Waals surface area contributed by atoms with Crippen molar-refractivity contribution in [3.8, 4) is 0 Å². The van der Waals surface area contributed by atoms with Crippen LogP contribution in [0.25, 0.3) is 21.8 Å². The van der Waals surface area contributed by atoms with Crippen molar-refractivity contribution in [2.75, 3.05) is 26.4 Å². The van der Waals surface area contributed by atoms with Crippen molar-refractivity contribution < 1.29 is 38.5 Å². The molecule has 232 valence electrons. The topological polar surface area (TPSA) is 121 Å². The van der Waals surface area contributed by atoms with Gasteiger partial charge in [-0.1, -0.05) is 56.1 Å². The Kier molecular flexibility index (Phi) is 11.8. The summed E-state index contributed by atoms with van der Waals surface area (Å²) in [5, 5.41) is 11.6. The largest absolute Gasteiger partial charge is 0.463 e. The van der Waals surface area contributed by atoms with E-state index in [1.807, 2.05) is 31.2 Å². The van der Waals surface area contributed by atoms with E-state index in [1.54, 1.807) is 42.5 Å². The van der Waals surface area contributed by atoms with Crippen LogP contribution in [0.4, 0.5) is 0 Å². The number of aliphatic hydroxyl groups is 1. The standard InChI is InChI=1S/C35H36BNO8/c1-3-26(36)20-37-30-14-12-24(33(40)23-10-6-5-7-11-23)18-28(30)29-19-25(13-15-31(29)37)34(41)35(42)45-22-27(38)21-43-16-8-9-17-44-32(39)4-2/h4-7,10-15,18-19,26-27,38H,2-3,8-9,16-17,20-22H2,1H3. The summed E-state index contributed by atoms with van der Waals surface area (Å²) in [5.41, 5.74) is 2.84. The number of hydrogen-bond acceptors (Lipinski definition) is 8. The van der Waals surface area contributed by atoms with Gasteiger partial charge in [0.2, 0.25) is 0 Å². The molecule has 45 heavy (non-hydrogen) atoms. The van der Waals surface area contributed by atoms with Gasteiger partial charge >= 0.3 is 11.9 Å². The highest BCUT2D eigenvalue weighted by Crippen LogP contribution is 2.33. The minimum Gasteiger partial charge on any atom is -0.463 e. The Morgan fingerprint density at radius 1 is 0.867 bits per heavy atom. The molecule has 3 aromatic carbocycles. The number of benzene rings is 3. The Balaban J connectivity index is 1.45. The van der Waals surface area contributed by atoms with Crippen molar-refractivity contribution >= 4 is 53.2 Å². The van der Waals surface area contributed by atoms with Gasteiger partial charge in [-0.3, -0.25) is 9.59 Å². The van der Waals surface area contributed by atoms with Gasteiger partial charge in [0, 0.05) is 57.7 Å². The molecule has 1 heterocycles. The van der Waals surface area contributed by atoms with E-state index < -0.39 is 30.4 Å². The molecule has 0 bridgehead atoms. The first-order chi connectivity index (χ1) is 21.7. The summed E-state index contributed by atoms with van der Waals surface area (Å²) >= 11 is 0. The number of carbonyl (C=O) groups is 4. The van der Waals surface area contributed by atoms with Crippen molar-refractivity contribution in [3.63, 3.8) is 0 Å². The van der Waals surface area contributed by atoms with Crippen LogP contribution in [0.15, 0.2) is 79.4 Å². The van der Waals surface area contributed by atoms with Crippen LogP contribution in [-0.4, -0.2) is 73.6 Å². The van der Waals surface area contributed by atoms with E-state index in [-0.39, 0.29) is 30.4 Å². The van der Waals surface area contributed by atoms with Crippen LogP contribution < -0.4 is 0 Å². The van der Waals surface area contributed by atoms with E-state index in [0.717, 1.165) is 28.9 Å². The molecule has 0 amide bonds. The van der Waals surface area contributed by atoms with Crippen molar-refractivity contribution in [2.45, 2.75) is 44.7 Å². The summed E-state index contributed by atoms with van der Waals surface area (Å²) in [4.78, 5) is 49.9. The van der Waals surface area contributed by atoms with Gasteiger partial charge in [0.05, 0.1) is 21.1 Å². The maximum atomic E-state index is 13.2. The molecule has 0 saturated heterocycles. The van der Waals surface area contributed by atoms with Crippen molar-refractivity contribution in [3.05, 3.63) is 96.1 Å². The molecule has 9 nitrogen and oxygen atoms in total. The average Bonchev–Trinajstić information content (AvgIpc) is 3.37. The second-order valence-corrected chi connectivity index (χ2v) is 10.7. The number of aromatic nitrogens is 1. The normalized spacial score (nSPS) is 12.5. The Hall–Kier alpha value is -4.54. The van der Waals surface area contributed by atoms with Gasteiger partial charge in [0.25, 0.3) is 5.78 Å². The molecule has 4 aromatic rings. The quantitative estimate of drug-likeness (QED) is 0.0443. The first-order valence-electron chi connectivity index (χ1n) is 14.9. The van der Waals surface area contributed by atoms with E-state index in [1.165, 1.54) is 0 Å². The predicted molar refractivity (Wildman–Crippen MR) is 172 cm³/mol. The summed E-state index contributed by atoms with van der Waals surface area (Å²) in [6.07, 6.45) is 1.91. The second-order valence-electron chi connectivity index (χ2n) is 10.7. The van der Waals surface area contributed by atoms with Crippen molar-refractivity contribution in [1.82, 2.24) is 4.57 Å². The Labute approximate surface area is 263 Å². The maximum Gasteiger partial charge on any atom is 0.379 e. The summed E-state index contributed by atoms with van der Waals surface area (Å²) in [7, 11) is 6.31. The number of nitrogens with zero attached hydrogens (tertiary/aromatic N) is 1. The lowest BCUT2D eigenvalue weighted by Gasteiger charge is -2.13. The molecule has 2 unspecified atom stereocenters. The third-order valence-corrected chi connectivity index (χ3v) is 7.36. The summed E-state index contributed by atoms with van der Waals surface area (Å²) in [6, 6.07) is 19.4. The fourth-order valence-corrected chi connectivity index (χ4v) is 4.86. The number of Topliss-reactive ketones (excluding diaryl/α,β-unsaturated/α-hetero) is 1. The SMILES string of the molecule is [B]C(CC)Cn1c2ccc(C(=O)C(=O)OCC(O)COCCCCOC(=O)C=C)cc2c2cc(C(=O)c3ccccc3)ccc21. The molecule has 0 spiro atoms. The third kappa shape index (κ3) is 8.56. The molecule has 0 fully saturated rings. The van der Waals surface area contributed by atoms with Crippen LogP contribution in [0.5, 0.6) is 0 Å². The van der Waals surface area contributed by atoms with Crippen LogP contribution in [-0.2, 0) is 30.3 Å². The Morgan fingerprint density at radius 2 is 1.51 bits per heavy atom. The summed E-state index contributed by atoms with van der Waals surface area (Å²) in [6.45, 7) is 5.90. The lowest BCUT2D eigenvalue weighted by molar-refractivity contribution is -0.142. The fourth-order valence-electron chi connectivity index (χ4n) is 4.86. The second kappa shape index (κ2) is 16.0. The molecular formula is C35H36BNO8. The number of rotatable bonds is 17. The first-order valence-corrected chi connectivity index (χ1v) is 14.9. The molecule has 4 rings (SSSR count). The average molecular weight is 609 g/mol. The summed E-state index contributed by atoms with van der Waals surface area (Å²) < 4.78 is 17.4. The van der Waals surface area contributed by atoms with E-state index in [4.69, 9.17) is 22.1 Å². The first kappa shape index (κ1) is 33.4. The molecule has 10 heteroatoms. The lowest BCUT2D eigenvalue weighted by atomic mass is 9.85. The number of ether oxygens (including phenoxy) is 3. The summed E-state index contributed by atoms with van der Waals surface area (Å²) in [5.74, 6) is -2.69. The number of fused-ring (bicyclic) bond motifs is 3. The fraction of sp³-hybridized carbons (Fsp3) is 0.314. The molecule has 1 aromatic heterocycles. The Bertz CT molecular complexity index is 1680.